The summed E-state index contributed by atoms with van der Waals surface area (Å²) >= 11 is 0. The number of rotatable bonds is 3. The van der Waals surface area contributed by atoms with Crippen LogP contribution in [0, 0.1) is 26.7 Å². The molecule has 1 heterocycles. The van der Waals surface area contributed by atoms with Crippen molar-refractivity contribution in [3.8, 4) is 5.75 Å². The van der Waals surface area contributed by atoms with Crippen molar-refractivity contribution in [2.45, 2.75) is 33.6 Å². The van der Waals surface area contributed by atoms with Gasteiger partial charge in [-0.3, -0.25) is 0 Å². The molecule has 2 rings (SSSR count). The molecular formula is C15H23NO. The first-order valence-corrected chi connectivity index (χ1v) is 6.58. The van der Waals surface area contributed by atoms with Crippen molar-refractivity contribution in [3.63, 3.8) is 0 Å². The fraction of sp³-hybridized carbons (Fsp3) is 0.600. The molecule has 0 spiro atoms. The minimum Gasteiger partial charge on any atom is -0.493 e. The van der Waals surface area contributed by atoms with Gasteiger partial charge < -0.3 is 10.1 Å². The highest BCUT2D eigenvalue weighted by atomic mass is 16.5. The van der Waals surface area contributed by atoms with Crippen LogP contribution in [0.3, 0.4) is 0 Å². The molecule has 1 aliphatic heterocycles. The van der Waals surface area contributed by atoms with Crippen LogP contribution < -0.4 is 10.1 Å². The third-order valence-corrected chi connectivity index (χ3v) is 3.47. The first-order valence-electron chi connectivity index (χ1n) is 6.58. The van der Waals surface area contributed by atoms with Gasteiger partial charge in [0.15, 0.2) is 0 Å². The predicted octanol–water partition coefficient (Wildman–Crippen LogP) is 2.99. The average Bonchev–Trinajstić information content (AvgIpc) is 2.29. The standard InChI is InChI=1S/C15H23NO/c1-11-7-12(2)15(13(3)8-11)17-10-14-5-4-6-16-9-14/h7-8,14,16H,4-6,9-10H2,1-3H3. The van der Waals surface area contributed by atoms with E-state index in [1.807, 2.05) is 0 Å². The molecular weight excluding hydrogens is 210 g/mol. The zero-order valence-electron chi connectivity index (χ0n) is 11.2. The van der Waals surface area contributed by atoms with Gasteiger partial charge in [-0.25, -0.2) is 0 Å². The normalized spacial score (nSPS) is 20.3. The van der Waals surface area contributed by atoms with Gasteiger partial charge in [0, 0.05) is 12.5 Å². The van der Waals surface area contributed by atoms with Crippen LogP contribution in [0.4, 0.5) is 0 Å². The van der Waals surface area contributed by atoms with E-state index in [-0.39, 0.29) is 0 Å². The van der Waals surface area contributed by atoms with E-state index in [2.05, 4.69) is 38.2 Å². The zero-order valence-corrected chi connectivity index (χ0v) is 11.2. The Labute approximate surface area is 104 Å². The molecule has 0 amide bonds. The predicted molar refractivity (Wildman–Crippen MR) is 71.7 cm³/mol. The van der Waals surface area contributed by atoms with Crippen LogP contribution in [0.15, 0.2) is 12.1 Å². The van der Waals surface area contributed by atoms with Crippen LogP contribution >= 0.6 is 0 Å². The van der Waals surface area contributed by atoms with Crippen LogP contribution in [-0.4, -0.2) is 19.7 Å². The van der Waals surface area contributed by atoms with Gasteiger partial charge in [-0.1, -0.05) is 17.7 Å². The second-order valence-electron chi connectivity index (χ2n) is 5.25. The van der Waals surface area contributed by atoms with Crippen molar-refractivity contribution in [2.24, 2.45) is 5.92 Å². The highest BCUT2D eigenvalue weighted by Crippen LogP contribution is 2.25. The molecule has 94 valence electrons. The number of hydrogen-bond acceptors (Lipinski definition) is 2. The number of nitrogens with one attached hydrogen (secondary N) is 1. The molecule has 0 radical (unpaired) electrons. The summed E-state index contributed by atoms with van der Waals surface area (Å²) in [5, 5.41) is 3.43. The van der Waals surface area contributed by atoms with E-state index in [9.17, 15) is 0 Å². The number of benzene rings is 1. The summed E-state index contributed by atoms with van der Waals surface area (Å²) in [4.78, 5) is 0. The smallest absolute Gasteiger partial charge is 0.125 e. The van der Waals surface area contributed by atoms with E-state index < -0.39 is 0 Å². The van der Waals surface area contributed by atoms with E-state index >= 15 is 0 Å². The highest BCUT2D eigenvalue weighted by molar-refractivity contribution is 5.42. The number of ether oxygens (including phenoxy) is 1. The lowest BCUT2D eigenvalue weighted by atomic mass is 10.0. The summed E-state index contributed by atoms with van der Waals surface area (Å²) in [5.74, 6) is 1.75. The largest absolute Gasteiger partial charge is 0.493 e. The molecule has 0 aromatic heterocycles. The van der Waals surface area contributed by atoms with Crippen molar-refractivity contribution in [1.29, 1.82) is 0 Å². The Morgan fingerprint density at radius 1 is 1.24 bits per heavy atom. The molecule has 0 bridgehead atoms. The maximum Gasteiger partial charge on any atom is 0.125 e. The van der Waals surface area contributed by atoms with Gasteiger partial charge in [0.25, 0.3) is 0 Å². The maximum atomic E-state index is 6.02. The van der Waals surface area contributed by atoms with Crippen molar-refractivity contribution < 1.29 is 4.74 Å². The molecule has 1 N–H and O–H groups in total. The van der Waals surface area contributed by atoms with Crippen molar-refractivity contribution >= 4 is 0 Å². The average molecular weight is 233 g/mol. The Morgan fingerprint density at radius 2 is 1.94 bits per heavy atom. The molecule has 17 heavy (non-hydrogen) atoms. The molecule has 1 aromatic carbocycles. The lowest BCUT2D eigenvalue weighted by molar-refractivity contribution is 0.216. The Kier molecular flexibility index (Phi) is 4.06. The highest BCUT2D eigenvalue weighted by Gasteiger charge is 2.14. The molecule has 1 atom stereocenters. The zero-order chi connectivity index (χ0) is 12.3. The second kappa shape index (κ2) is 5.54. The lowest BCUT2D eigenvalue weighted by Crippen LogP contribution is -2.33. The van der Waals surface area contributed by atoms with E-state index in [1.165, 1.54) is 36.1 Å². The maximum absolute atomic E-state index is 6.02. The summed E-state index contributed by atoms with van der Waals surface area (Å²) in [6, 6.07) is 4.39. The summed E-state index contributed by atoms with van der Waals surface area (Å²) in [6.45, 7) is 9.51. The number of hydrogen-bond donors (Lipinski definition) is 1. The van der Waals surface area contributed by atoms with Gasteiger partial charge in [0.05, 0.1) is 6.61 Å². The Hall–Kier alpha value is -1.02. The molecule has 2 nitrogen and oxygen atoms in total. The fourth-order valence-corrected chi connectivity index (χ4v) is 2.66. The first kappa shape index (κ1) is 12.4. The molecule has 1 aromatic rings. The fourth-order valence-electron chi connectivity index (χ4n) is 2.66. The van der Waals surface area contributed by atoms with Crippen LogP contribution in [0.5, 0.6) is 5.75 Å². The number of aryl methyl sites for hydroxylation is 3. The minimum absolute atomic E-state index is 0.670. The molecule has 2 heteroatoms. The molecule has 1 unspecified atom stereocenters. The third kappa shape index (κ3) is 3.22. The summed E-state index contributed by atoms with van der Waals surface area (Å²) in [7, 11) is 0. The molecule has 0 saturated carbocycles. The summed E-state index contributed by atoms with van der Waals surface area (Å²) in [6.07, 6.45) is 2.57. The quantitative estimate of drug-likeness (QED) is 0.866. The molecule has 1 saturated heterocycles. The molecule has 0 aliphatic carbocycles. The van der Waals surface area contributed by atoms with Crippen LogP contribution in [0.2, 0.25) is 0 Å². The van der Waals surface area contributed by atoms with E-state index in [1.54, 1.807) is 0 Å². The Bertz CT molecular complexity index is 358. The van der Waals surface area contributed by atoms with Gasteiger partial charge >= 0.3 is 0 Å². The van der Waals surface area contributed by atoms with Crippen molar-refractivity contribution in [3.05, 3.63) is 28.8 Å². The van der Waals surface area contributed by atoms with Crippen molar-refractivity contribution in [1.82, 2.24) is 5.32 Å². The monoisotopic (exact) mass is 233 g/mol. The van der Waals surface area contributed by atoms with Crippen LogP contribution in [0.1, 0.15) is 29.5 Å². The van der Waals surface area contributed by atoms with E-state index in [0.29, 0.717) is 5.92 Å². The first-order chi connectivity index (χ1) is 8.16. The Balaban J connectivity index is 1.98. The SMILES string of the molecule is Cc1cc(C)c(OCC2CCCNC2)c(C)c1. The van der Waals surface area contributed by atoms with Crippen molar-refractivity contribution in [2.75, 3.05) is 19.7 Å². The third-order valence-electron chi connectivity index (χ3n) is 3.47. The van der Waals surface area contributed by atoms with Gasteiger partial charge in [0.1, 0.15) is 5.75 Å². The number of piperidine rings is 1. The summed E-state index contributed by atoms with van der Waals surface area (Å²) in [5.41, 5.74) is 3.82. The topological polar surface area (TPSA) is 21.3 Å². The van der Waals surface area contributed by atoms with Gasteiger partial charge in [-0.2, -0.15) is 0 Å². The Morgan fingerprint density at radius 3 is 2.53 bits per heavy atom. The molecule has 1 aliphatic rings. The second-order valence-corrected chi connectivity index (χ2v) is 5.25. The van der Waals surface area contributed by atoms with Gasteiger partial charge in [-0.15, -0.1) is 0 Å². The summed E-state index contributed by atoms with van der Waals surface area (Å²) < 4.78 is 6.02. The molecule has 1 fully saturated rings. The van der Waals surface area contributed by atoms with E-state index in [4.69, 9.17) is 4.74 Å². The van der Waals surface area contributed by atoms with Gasteiger partial charge in [-0.05, 0) is 51.3 Å². The van der Waals surface area contributed by atoms with Gasteiger partial charge in [0.2, 0.25) is 0 Å². The van der Waals surface area contributed by atoms with Crippen LogP contribution in [0.25, 0.3) is 0 Å². The van der Waals surface area contributed by atoms with Crippen LogP contribution in [-0.2, 0) is 0 Å². The minimum atomic E-state index is 0.670. The lowest BCUT2D eigenvalue weighted by Gasteiger charge is -2.23. The van der Waals surface area contributed by atoms with E-state index in [0.717, 1.165) is 18.9 Å².